The van der Waals surface area contributed by atoms with Crippen molar-refractivity contribution in [2.24, 2.45) is 5.10 Å². The summed E-state index contributed by atoms with van der Waals surface area (Å²) in [6.45, 7) is 3.84. The number of nitrogens with zero attached hydrogens (tertiary/aromatic N) is 3. The van der Waals surface area contributed by atoms with Crippen molar-refractivity contribution < 1.29 is 9.84 Å². The summed E-state index contributed by atoms with van der Waals surface area (Å²) in [5.41, 5.74) is -1.14. The molecular weight excluding hydrogens is 336 g/mol. The zero-order valence-corrected chi connectivity index (χ0v) is 14.6. The highest BCUT2D eigenvalue weighted by molar-refractivity contribution is 5.82. The predicted molar refractivity (Wildman–Crippen MR) is 98.5 cm³/mol. The average Bonchev–Trinajstić information content (AvgIpc) is 2.64. The Bertz CT molecular complexity index is 910. The second-order valence-corrected chi connectivity index (χ2v) is 5.99. The van der Waals surface area contributed by atoms with Gasteiger partial charge >= 0.3 is 5.69 Å². The highest BCUT2D eigenvalue weighted by atomic mass is 16.5. The summed E-state index contributed by atoms with van der Waals surface area (Å²) < 4.78 is 6.54. The van der Waals surface area contributed by atoms with E-state index in [-0.39, 0.29) is 5.56 Å². The van der Waals surface area contributed by atoms with E-state index in [1.165, 1.54) is 6.21 Å². The van der Waals surface area contributed by atoms with Crippen molar-refractivity contribution in [2.75, 3.05) is 19.7 Å². The molecule has 2 aromatic rings. The van der Waals surface area contributed by atoms with E-state index in [0.717, 1.165) is 36.9 Å². The molecule has 8 nitrogen and oxygen atoms in total. The normalized spacial score (nSPS) is 14.7. The molecule has 1 aliphatic rings. The Kier molecular flexibility index (Phi) is 5.40. The number of piperidine rings is 1. The summed E-state index contributed by atoms with van der Waals surface area (Å²) in [6, 6.07) is 6.81. The van der Waals surface area contributed by atoms with E-state index < -0.39 is 17.1 Å². The number of aromatic nitrogens is 2. The Hall–Kier alpha value is -3.03. The molecule has 0 unspecified atom stereocenters. The lowest BCUT2D eigenvalue weighted by molar-refractivity contribution is 0.240. The quantitative estimate of drug-likeness (QED) is 0.788. The van der Waals surface area contributed by atoms with Crippen molar-refractivity contribution in [3.05, 3.63) is 50.7 Å². The molecule has 1 aliphatic heterocycles. The molecule has 0 radical (unpaired) electrons. The van der Waals surface area contributed by atoms with Crippen LogP contribution in [-0.2, 0) is 0 Å². The molecule has 0 spiro atoms. The van der Waals surface area contributed by atoms with Crippen LogP contribution in [0.1, 0.15) is 31.7 Å². The van der Waals surface area contributed by atoms with Crippen LogP contribution in [0.25, 0.3) is 5.69 Å². The zero-order valence-electron chi connectivity index (χ0n) is 14.6. The topological polar surface area (TPSA) is 99.9 Å². The third-order valence-corrected chi connectivity index (χ3v) is 4.21. The number of aromatic amines is 1. The molecule has 1 aromatic heterocycles. The third kappa shape index (κ3) is 3.63. The minimum atomic E-state index is -0.741. The standard InChI is InChI=1S/C18H22N4O4/c1-2-26-15-9-5-4-8-14(15)22-17(24)13(16(23)20-18(22)25)12-19-21-10-6-3-7-11-21/h4-5,8-9,12,24H,2-3,6-7,10-11H2,1H3,(H,20,23,25)/b19-12+. The van der Waals surface area contributed by atoms with Gasteiger partial charge in [-0.2, -0.15) is 5.10 Å². The Balaban J connectivity index is 2.06. The Morgan fingerprint density at radius 1 is 1.23 bits per heavy atom. The number of H-pyrrole nitrogens is 1. The number of benzene rings is 1. The van der Waals surface area contributed by atoms with Crippen LogP contribution in [0.2, 0.25) is 0 Å². The van der Waals surface area contributed by atoms with Crippen molar-refractivity contribution in [1.29, 1.82) is 0 Å². The van der Waals surface area contributed by atoms with Crippen LogP contribution in [-0.4, -0.2) is 45.6 Å². The number of hydrogen-bond donors (Lipinski definition) is 2. The lowest BCUT2D eigenvalue weighted by atomic mass is 10.2. The fourth-order valence-electron chi connectivity index (χ4n) is 2.93. The smallest absolute Gasteiger partial charge is 0.335 e. The minimum Gasteiger partial charge on any atom is -0.493 e. The highest BCUT2D eigenvalue weighted by Gasteiger charge is 2.17. The molecule has 8 heteroatoms. The number of aromatic hydroxyl groups is 1. The summed E-state index contributed by atoms with van der Waals surface area (Å²) in [4.78, 5) is 26.7. The molecule has 26 heavy (non-hydrogen) atoms. The van der Waals surface area contributed by atoms with Gasteiger partial charge in [-0.05, 0) is 38.3 Å². The van der Waals surface area contributed by atoms with E-state index in [4.69, 9.17) is 4.74 Å². The van der Waals surface area contributed by atoms with Gasteiger partial charge in [0.1, 0.15) is 11.3 Å². The van der Waals surface area contributed by atoms with E-state index in [1.807, 2.05) is 11.9 Å². The molecule has 0 atom stereocenters. The SMILES string of the molecule is CCOc1ccccc1-n1c(O)c(/C=N/N2CCCCC2)c(=O)[nH]c1=O. The monoisotopic (exact) mass is 358 g/mol. The fraction of sp³-hybridized carbons (Fsp3) is 0.389. The first-order valence-electron chi connectivity index (χ1n) is 8.71. The molecule has 1 fully saturated rings. The van der Waals surface area contributed by atoms with Crippen LogP contribution in [0.5, 0.6) is 11.6 Å². The predicted octanol–water partition coefficient (Wildman–Crippen LogP) is 1.45. The number of rotatable bonds is 5. The lowest BCUT2D eigenvalue weighted by Gasteiger charge is -2.23. The van der Waals surface area contributed by atoms with Gasteiger partial charge in [0.05, 0.1) is 18.5 Å². The number of ether oxygens (including phenoxy) is 1. The number of hydrogen-bond acceptors (Lipinski definition) is 6. The lowest BCUT2D eigenvalue weighted by Crippen LogP contribution is -2.32. The van der Waals surface area contributed by atoms with E-state index >= 15 is 0 Å². The number of hydrazone groups is 1. The molecule has 2 heterocycles. The first kappa shape index (κ1) is 17.8. The second kappa shape index (κ2) is 7.90. The Morgan fingerprint density at radius 2 is 1.96 bits per heavy atom. The molecular formula is C18H22N4O4. The second-order valence-electron chi connectivity index (χ2n) is 5.99. The largest absolute Gasteiger partial charge is 0.493 e. The van der Waals surface area contributed by atoms with E-state index in [0.29, 0.717) is 18.0 Å². The molecule has 3 rings (SSSR count). The van der Waals surface area contributed by atoms with Crippen molar-refractivity contribution in [3.8, 4) is 17.3 Å². The van der Waals surface area contributed by atoms with Crippen molar-refractivity contribution in [2.45, 2.75) is 26.2 Å². The summed E-state index contributed by atoms with van der Waals surface area (Å²) in [5.74, 6) is -0.0370. The highest BCUT2D eigenvalue weighted by Crippen LogP contribution is 2.25. The maximum absolute atomic E-state index is 12.3. The summed E-state index contributed by atoms with van der Waals surface area (Å²) in [5, 5.41) is 16.7. The summed E-state index contributed by atoms with van der Waals surface area (Å²) >= 11 is 0. The van der Waals surface area contributed by atoms with Crippen LogP contribution in [0.3, 0.4) is 0 Å². The van der Waals surface area contributed by atoms with Crippen molar-refractivity contribution in [3.63, 3.8) is 0 Å². The molecule has 138 valence electrons. The van der Waals surface area contributed by atoms with Gasteiger partial charge in [-0.1, -0.05) is 12.1 Å². The van der Waals surface area contributed by atoms with Gasteiger partial charge < -0.3 is 9.84 Å². The van der Waals surface area contributed by atoms with Gasteiger partial charge in [-0.25, -0.2) is 9.36 Å². The van der Waals surface area contributed by atoms with E-state index in [1.54, 1.807) is 24.3 Å². The molecule has 0 amide bonds. The van der Waals surface area contributed by atoms with Gasteiger partial charge in [0.15, 0.2) is 0 Å². The van der Waals surface area contributed by atoms with E-state index in [2.05, 4.69) is 10.1 Å². The van der Waals surface area contributed by atoms with Gasteiger partial charge in [0.2, 0.25) is 5.88 Å². The van der Waals surface area contributed by atoms with Gasteiger partial charge in [0.25, 0.3) is 5.56 Å². The van der Waals surface area contributed by atoms with Crippen LogP contribution in [0, 0.1) is 0 Å². The van der Waals surface area contributed by atoms with Crippen LogP contribution < -0.4 is 16.0 Å². The number of para-hydroxylation sites is 2. The molecule has 1 saturated heterocycles. The van der Waals surface area contributed by atoms with Gasteiger partial charge in [0, 0.05) is 13.1 Å². The molecule has 0 aliphatic carbocycles. The fourth-order valence-corrected chi connectivity index (χ4v) is 2.93. The van der Waals surface area contributed by atoms with Gasteiger partial charge in [-0.3, -0.25) is 14.8 Å². The molecule has 1 aromatic carbocycles. The van der Waals surface area contributed by atoms with Crippen LogP contribution >= 0.6 is 0 Å². The van der Waals surface area contributed by atoms with Crippen LogP contribution in [0.4, 0.5) is 0 Å². The Morgan fingerprint density at radius 3 is 2.69 bits per heavy atom. The molecule has 0 bridgehead atoms. The number of nitrogens with one attached hydrogen (secondary N) is 1. The molecule has 2 N–H and O–H groups in total. The first-order chi connectivity index (χ1) is 12.6. The summed E-state index contributed by atoms with van der Waals surface area (Å²) in [6.07, 6.45) is 4.55. The van der Waals surface area contributed by atoms with E-state index in [9.17, 15) is 14.7 Å². The van der Waals surface area contributed by atoms with Crippen LogP contribution in [0.15, 0.2) is 39.0 Å². The zero-order chi connectivity index (χ0) is 18.5. The average molecular weight is 358 g/mol. The maximum atomic E-state index is 12.3. The maximum Gasteiger partial charge on any atom is 0.335 e. The van der Waals surface area contributed by atoms with Crippen molar-refractivity contribution in [1.82, 2.24) is 14.6 Å². The minimum absolute atomic E-state index is 0.0681. The first-order valence-corrected chi connectivity index (χ1v) is 8.71. The van der Waals surface area contributed by atoms with Gasteiger partial charge in [-0.15, -0.1) is 0 Å². The Labute approximate surface area is 150 Å². The van der Waals surface area contributed by atoms with Crippen molar-refractivity contribution >= 4 is 6.21 Å². The summed E-state index contributed by atoms with van der Waals surface area (Å²) in [7, 11) is 0. The third-order valence-electron chi connectivity index (χ3n) is 4.21. The molecule has 0 saturated carbocycles.